The zero-order valence-corrected chi connectivity index (χ0v) is 16.1. The number of benzene rings is 2. The minimum atomic E-state index is 0.548. The molecule has 2 aromatic rings. The van der Waals surface area contributed by atoms with Crippen molar-refractivity contribution in [2.24, 2.45) is 0 Å². The van der Waals surface area contributed by atoms with Gasteiger partial charge in [0.1, 0.15) is 11.5 Å². The molecular formula is C22H28O4. The van der Waals surface area contributed by atoms with E-state index in [1.165, 1.54) is 11.1 Å². The Bertz CT molecular complexity index is 660. The molecule has 0 saturated carbocycles. The molecule has 26 heavy (non-hydrogen) atoms. The molecule has 0 heterocycles. The summed E-state index contributed by atoms with van der Waals surface area (Å²) < 4.78 is 22.0. The lowest BCUT2D eigenvalue weighted by molar-refractivity contribution is 0.208. The molecule has 4 nitrogen and oxygen atoms in total. The van der Waals surface area contributed by atoms with Crippen molar-refractivity contribution < 1.29 is 18.9 Å². The van der Waals surface area contributed by atoms with Gasteiger partial charge in [0, 0.05) is 14.2 Å². The molecule has 0 saturated heterocycles. The molecule has 0 spiro atoms. The summed E-state index contributed by atoms with van der Waals surface area (Å²) in [6, 6.07) is 16.1. The summed E-state index contributed by atoms with van der Waals surface area (Å²) >= 11 is 0. The molecule has 0 aromatic heterocycles. The largest absolute Gasteiger partial charge is 0.496 e. The number of ether oxygens (including phenoxy) is 4. The highest BCUT2D eigenvalue weighted by Gasteiger charge is 2.13. The highest BCUT2D eigenvalue weighted by molar-refractivity contribution is 5.41. The van der Waals surface area contributed by atoms with E-state index in [0.29, 0.717) is 13.2 Å². The standard InChI is InChI=1S/C22H28O4/c1-23-15-19(13-17-9-5-7-11-21(17)25-3)20(16-24-2)14-18-10-6-8-12-22(18)26-4/h5-12H,13-16H2,1-4H3/b20-19-. The average molecular weight is 356 g/mol. The van der Waals surface area contributed by atoms with Crippen LogP contribution in [0.4, 0.5) is 0 Å². The quantitative estimate of drug-likeness (QED) is 0.601. The van der Waals surface area contributed by atoms with Crippen LogP contribution in [0.5, 0.6) is 11.5 Å². The Morgan fingerprint density at radius 2 is 1.00 bits per heavy atom. The van der Waals surface area contributed by atoms with Crippen molar-refractivity contribution in [2.75, 3.05) is 41.7 Å². The Labute approximate surface area is 156 Å². The first-order valence-electron chi connectivity index (χ1n) is 8.64. The monoisotopic (exact) mass is 356 g/mol. The summed E-state index contributed by atoms with van der Waals surface area (Å²) in [6.07, 6.45) is 1.51. The number of hydrogen-bond donors (Lipinski definition) is 0. The Morgan fingerprint density at radius 1 is 0.615 bits per heavy atom. The molecular weight excluding hydrogens is 328 g/mol. The molecule has 140 valence electrons. The third kappa shape index (κ3) is 5.35. The van der Waals surface area contributed by atoms with E-state index >= 15 is 0 Å². The van der Waals surface area contributed by atoms with Gasteiger partial charge in [-0.15, -0.1) is 0 Å². The summed E-state index contributed by atoms with van der Waals surface area (Å²) in [7, 11) is 6.83. The fourth-order valence-electron chi connectivity index (χ4n) is 3.06. The average Bonchev–Trinajstić information content (AvgIpc) is 2.68. The zero-order chi connectivity index (χ0) is 18.8. The van der Waals surface area contributed by atoms with Crippen LogP contribution in [0.1, 0.15) is 11.1 Å². The third-order valence-corrected chi connectivity index (χ3v) is 4.33. The second-order valence-corrected chi connectivity index (χ2v) is 6.05. The van der Waals surface area contributed by atoms with Crippen LogP contribution in [0.25, 0.3) is 0 Å². The number of methoxy groups -OCH3 is 4. The summed E-state index contributed by atoms with van der Waals surface area (Å²) in [5.74, 6) is 1.77. The molecule has 0 aliphatic heterocycles. The van der Waals surface area contributed by atoms with Crippen molar-refractivity contribution in [3.8, 4) is 11.5 Å². The fraction of sp³-hybridized carbons (Fsp3) is 0.364. The Balaban J connectivity index is 2.39. The summed E-state index contributed by atoms with van der Waals surface area (Å²) in [5.41, 5.74) is 4.67. The Kier molecular flexibility index (Phi) is 8.19. The zero-order valence-electron chi connectivity index (χ0n) is 16.1. The van der Waals surface area contributed by atoms with Crippen molar-refractivity contribution >= 4 is 0 Å². The minimum Gasteiger partial charge on any atom is -0.496 e. The molecule has 0 fully saturated rings. The van der Waals surface area contributed by atoms with Gasteiger partial charge in [0.2, 0.25) is 0 Å². The summed E-state index contributed by atoms with van der Waals surface area (Å²) in [4.78, 5) is 0. The maximum Gasteiger partial charge on any atom is 0.122 e. The minimum absolute atomic E-state index is 0.548. The van der Waals surface area contributed by atoms with Crippen LogP contribution in [0.15, 0.2) is 59.7 Å². The molecule has 0 aliphatic rings. The van der Waals surface area contributed by atoms with E-state index < -0.39 is 0 Å². The SMILES string of the molecule is COC/C(Cc1ccccc1OC)=C(\COC)Cc1ccccc1OC. The van der Waals surface area contributed by atoms with Gasteiger partial charge in [-0.05, 0) is 47.2 Å². The molecule has 0 atom stereocenters. The van der Waals surface area contributed by atoms with Crippen molar-refractivity contribution in [1.29, 1.82) is 0 Å². The molecule has 0 amide bonds. The Hall–Kier alpha value is -2.30. The van der Waals surface area contributed by atoms with Gasteiger partial charge < -0.3 is 18.9 Å². The molecule has 2 aromatic carbocycles. The summed E-state index contributed by atoms with van der Waals surface area (Å²) in [6.45, 7) is 1.10. The van der Waals surface area contributed by atoms with E-state index in [2.05, 4.69) is 12.1 Å². The van der Waals surface area contributed by atoms with Gasteiger partial charge in [0.05, 0.1) is 27.4 Å². The lowest BCUT2D eigenvalue weighted by atomic mass is 9.95. The first-order chi connectivity index (χ1) is 12.7. The van der Waals surface area contributed by atoms with Gasteiger partial charge >= 0.3 is 0 Å². The van der Waals surface area contributed by atoms with Crippen LogP contribution in [0.3, 0.4) is 0 Å². The molecule has 0 unspecified atom stereocenters. The molecule has 0 bridgehead atoms. The van der Waals surface area contributed by atoms with Gasteiger partial charge in [-0.2, -0.15) is 0 Å². The van der Waals surface area contributed by atoms with Gasteiger partial charge in [0.15, 0.2) is 0 Å². The second-order valence-electron chi connectivity index (χ2n) is 6.05. The van der Waals surface area contributed by atoms with Crippen LogP contribution in [0, 0.1) is 0 Å². The van der Waals surface area contributed by atoms with E-state index in [1.54, 1.807) is 28.4 Å². The second kappa shape index (κ2) is 10.6. The van der Waals surface area contributed by atoms with E-state index in [9.17, 15) is 0 Å². The topological polar surface area (TPSA) is 36.9 Å². The highest BCUT2D eigenvalue weighted by atomic mass is 16.5. The molecule has 4 heteroatoms. The first kappa shape index (κ1) is 20.0. The maximum absolute atomic E-state index is 5.50. The first-order valence-corrected chi connectivity index (χ1v) is 8.64. The summed E-state index contributed by atoms with van der Waals surface area (Å²) in [5, 5.41) is 0. The van der Waals surface area contributed by atoms with Gasteiger partial charge in [-0.3, -0.25) is 0 Å². The predicted molar refractivity (Wildman–Crippen MR) is 104 cm³/mol. The fourth-order valence-corrected chi connectivity index (χ4v) is 3.06. The van der Waals surface area contributed by atoms with E-state index in [0.717, 1.165) is 35.5 Å². The van der Waals surface area contributed by atoms with Crippen LogP contribution >= 0.6 is 0 Å². The molecule has 0 N–H and O–H groups in total. The van der Waals surface area contributed by atoms with E-state index in [4.69, 9.17) is 18.9 Å². The van der Waals surface area contributed by atoms with Crippen LogP contribution in [-0.2, 0) is 22.3 Å². The van der Waals surface area contributed by atoms with Crippen molar-refractivity contribution in [2.45, 2.75) is 12.8 Å². The number of para-hydroxylation sites is 2. The highest BCUT2D eigenvalue weighted by Crippen LogP contribution is 2.26. The number of hydrogen-bond acceptors (Lipinski definition) is 4. The molecule has 2 rings (SSSR count). The lowest BCUT2D eigenvalue weighted by Gasteiger charge is -2.18. The van der Waals surface area contributed by atoms with Crippen molar-refractivity contribution in [1.82, 2.24) is 0 Å². The van der Waals surface area contributed by atoms with Crippen molar-refractivity contribution in [3.63, 3.8) is 0 Å². The van der Waals surface area contributed by atoms with Crippen LogP contribution < -0.4 is 9.47 Å². The smallest absolute Gasteiger partial charge is 0.122 e. The van der Waals surface area contributed by atoms with Crippen LogP contribution in [0.2, 0.25) is 0 Å². The van der Waals surface area contributed by atoms with Crippen LogP contribution in [-0.4, -0.2) is 41.7 Å². The van der Waals surface area contributed by atoms with E-state index in [1.807, 2.05) is 36.4 Å². The van der Waals surface area contributed by atoms with Gasteiger partial charge in [-0.1, -0.05) is 36.4 Å². The predicted octanol–water partition coefficient (Wildman–Crippen LogP) is 4.08. The normalized spacial score (nSPS) is 11.8. The lowest BCUT2D eigenvalue weighted by Crippen LogP contribution is -2.10. The van der Waals surface area contributed by atoms with Gasteiger partial charge in [-0.25, -0.2) is 0 Å². The van der Waals surface area contributed by atoms with Gasteiger partial charge in [0.25, 0.3) is 0 Å². The van der Waals surface area contributed by atoms with Crippen molar-refractivity contribution in [3.05, 3.63) is 70.8 Å². The third-order valence-electron chi connectivity index (χ3n) is 4.33. The Morgan fingerprint density at radius 3 is 1.35 bits per heavy atom. The molecule has 0 radical (unpaired) electrons. The maximum atomic E-state index is 5.50. The molecule has 0 aliphatic carbocycles. The van der Waals surface area contributed by atoms with E-state index in [-0.39, 0.29) is 0 Å². The number of rotatable bonds is 10.